The fourth-order valence-electron chi connectivity index (χ4n) is 6.48. The molecule has 2 aliphatic rings. The van der Waals surface area contributed by atoms with E-state index in [4.69, 9.17) is 19.9 Å². The third-order valence-corrected chi connectivity index (χ3v) is 8.75. The van der Waals surface area contributed by atoms with Gasteiger partial charge in [-0.25, -0.2) is 0 Å². The molecular formula is C35H43N3O6. The van der Waals surface area contributed by atoms with Crippen molar-refractivity contribution in [3.8, 4) is 17.2 Å². The Bertz CT molecular complexity index is 1450. The number of carboxylic acid groups (broad SMARTS) is 1. The van der Waals surface area contributed by atoms with Gasteiger partial charge in [-0.05, 0) is 59.9 Å². The highest BCUT2D eigenvalue weighted by atomic mass is 16.5. The maximum atomic E-state index is 14.0. The van der Waals surface area contributed by atoms with Gasteiger partial charge in [0.25, 0.3) is 0 Å². The molecule has 0 spiro atoms. The minimum atomic E-state index is -0.873. The van der Waals surface area contributed by atoms with Gasteiger partial charge in [0.1, 0.15) is 5.75 Å². The highest BCUT2D eigenvalue weighted by molar-refractivity contribution is 5.95. The number of para-hydroxylation sites is 2. The molecule has 3 atom stereocenters. The minimum absolute atomic E-state index is 0.0598. The average molecular weight is 602 g/mol. The number of nitrogens with zero attached hydrogens (tertiary/aromatic N) is 2. The molecule has 1 fully saturated rings. The summed E-state index contributed by atoms with van der Waals surface area (Å²) >= 11 is 0. The standard InChI is InChI=1S/C35H43N3O6/c1-3-4-16-38(27-9-7-8-24(19-27)21-36)33(39)23-37-22-28(25-12-13-30-26(20-25)14-17-43-30)34(35(40)41)29(37)15-18-44-32-11-6-5-10-31(32)42-2/h5-13,19-20,28-29,34H,3-4,14-18,21-23,36H2,1-2H3,(H,40,41). The molecule has 234 valence electrons. The summed E-state index contributed by atoms with van der Waals surface area (Å²) in [5.41, 5.74) is 9.73. The Labute approximate surface area is 259 Å². The fraction of sp³-hybridized carbons (Fsp3) is 0.429. The van der Waals surface area contributed by atoms with E-state index >= 15 is 0 Å². The van der Waals surface area contributed by atoms with E-state index in [9.17, 15) is 14.7 Å². The van der Waals surface area contributed by atoms with E-state index < -0.39 is 17.9 Å². The number of likely N-dealkylation sites (tertiary alicyclic amines) is 1. The summed E-state index contributed by atoms with van der Waals surface area (Å²) in [5.74, 6) is 0.145. The zero-order valence-corrected chi connectivity index (χ0v) is 25.6. The lowest BCUT2D eigenvalue weighted by atomic mass is 9.83. The molecule has 2 aliphatic heterocycles. The number of methoxy groups -OCH3 is 1. The number of amides is 1. The molecule has 9 nitrogen and oxygen atoms in total. The quantitative estimate of drug-likeness (QED) is 0.269. The van der Waals surface area contributed by atoms with Crippen molar-refractivity contribution in [1.29, 1.82) is 0 Å². The summed E-state index contributed by atoms with van der Waals surface area (Å²) in [6, 6.07) is 20.8. The Hall–Kier alpha value is -4.08. The van der Waals surface area contributed by atoms with Crippen molar-refractivity contribution in [1.82, 2.24) is 4.90 Å². The molecule has 0 radical (unpaired) electrons. The number of carboxylic acids is 1. The molecule has 3 unspecified atom stereocenters. The predicted octanol–water partition coefficient (Wildman–Crippen LogP) is 4.86. The van der Waals surface area contributed by atoms with Crippen molar-refractivity contribution in [3.63, 3.8) is 0 Å². The lowest BCUT2D eigenvalue weighted by molar-refractivity contribution is -0.143. The van der Waals surface area contributed by atoms with Crippen molar-refractivity contribution in [2.24, 2.45) is 11.7 Å². The summed E-state index contributed by atoms with van der Waals surface area (Å²) in [4.78, 5) is 30.9. The lowest BCUT2D eigenvalue weighted by Gasteiger charge is -2.30. The van der Waals surface area contributed by atoms with Crippen LogP contribution in [0.4, 0.5) is 5.69 Å². The van der Waals surface area contributed by atoms with Crippen molar-refractivity contribution >= 4 is 17.6 Å². The highest BCUT2D eigenvalue weighted by Crippen LogP contribution is 2.41. The van der Waals surface area contributed by atoms with Crippen LogP contribution >= 0.6 is 0 Å². The van der Waals surface area contributed by atoms with Gasteiger partial charge in [-0.3, -0.25) is 14.5 Å². The van der Waals surface area contributed by atoms with Crippen LogP contribution in [0.2, 0.25) is 0 Å². The van der Waals surface area contributed by atoms with Gasteiger partial charge in [-0.2, -0.15) is 0 Å². The maximum Gasteiger partial charge on any atom is 0.308 e. The Kier molecular flexibility index (Phi) is 10.4. The number of nitrogens with two attached hydrogens (primary N) is 1. The van der Waals surface area contributed by atoms with Crippen LogP contribution in [-0.2, 0) is 22.6 Å². The number of aliphatic carboxylic acids is 1. The van der Waals surface area contributed by atoms with Crippen molar-refractivity contribution in [2.45, 2.75) is 51.1 Å². The van der Waals surface area contributed by atoms with Crippen molar-refractivity contribution in [3.05, 3.63) is 83.4 Å². The van der Waals surface area contributed by atoms with E-state index in [0.29, 0.717) is 44.2 Å². The van der Waals surface area contributed by atoms with Gasteiger partial charge in [-0.1, -0.05) is 49.7 Å². The summed E-state index contributed by atoms with van der Waals surface area (Å²) in [7, 11) is 1.59. The third kappa shape index (κ3) is 7.00. The molecule has 1 amide bonds. The minimum Gasteiger partial charge on any atom is -0.493 e. The van der Waals surface area contributed by atoms with Gasteiger partial charge in [-0.15, -0.1) is 0 Å². The van der Waals surface area contributed by atoms with E-state index in [0.717, 1.165) is 47.4 Å². The molecule has 5 rings (SSSR count). The molecule has 0 aliphatic carbocycles. The van der Waals surface area contributed by atoms with Gasteiger partial charge in [0, 0.05) is 43.7 Å². The first-order valence-electron chi connectivity index (χ1n) is 15.5. The smallest absolute Gasteiger partial charge is 0.308 e. The zero-order valence-electron chi connectivity index (χ0n) is 25.6. The molecular weight excluding hydrogens is 558 g/mol. The van der Waals surface area contributed by atoms with Gasteiger partial charge >= 0.3 is 5.97 Å². The molecule has 9 heteroatoms. The summed E-state index contributed by atoms with van der Waals surface area (Å²) < 4.78 is 17.2. The predicted molar refractivity (Wildman–Crippen MR) is 170 cm³/mol. The molecule has 3 aromatic carbocycles. The van der Waals surface area contributed by atoms with Gasteiger partial charge in [0.05, 0.1) is 32.8 Å². The first-order chi connectivity index (χ1) is 21.4. The van der Waals surface area contributed by atoms with E-state index in [-0.39, 0.29) is 25.0 Å². The first-order valence-corrected chi connectivity index (χ1v) is 15.5. The Morgan fingerprint density at radius 1 is 1.09 bits per heavy atom. The summed E-state index contributed by atoms with van der Waals surface area (Å²) in [6.45, 7) is 4.53. The number of fused-ring (bicyclic) bond motifs is 1. The van der Waals surface area contributed by atoms with Gasteiger partial charge < -0.3 is 30.0 Å². The monoisotopic (exact) mass is 601 g/mol. The number of benzene rings is 3. The van der Waals surface area contributed by atoms with Crippen LogP contribution in [0.1, 0.15) is 48.8 Å². The van der Waals surface area contributed by atoms with Gasteiger partial charge in [0.2, 0.25) is 5.91 Å². The zero-order chi connectivity index (χ0) is 31.1. The molecule has 3 aromatic rings. The Morgan fingerprint density at radius 3 is 2.66 bits per heavy atom. The summed E-state index contributed by atoms with van der Waals surface area (Å²) in [5, 5.41) is 10.6. The van der Waals surface area contributed by atoms with E-state index in [1.807, 2.05) is 70.5 Å². The van der Waals surface area contributed by atoms with Crippen LogP contribution in [0.15, 0.2) is 66.7 Å². The summed E-state index contributed by atoms with van der Waals surface area (Å²) in [6.07, 6.45) is 3.04. The van der Waals surface area contributed by atoms with E-state index in [2.05, 4.69) is 13.0 Å². The van der Waals surface area contributed by atoms with Crippen LogP contribution < -0.4 is 24.8 Å². The lowest BCUT2D eigenvalue weighted by Crippen LogP contribution is -2.45. The van der Waals surface area contributed by atoms with Crippen LogP contribution in [-0.4, -0.2) is 67.9 Å². The SMILES string of the molecule is CCCCN(C(=O)CN1CC(c2ccc3c(c2)CCO3)C(C(=O)O)C1CCOc1ccccc1OC)c1cccc(CN)c1. The average Bonchev–Trinajstić information content (AvgIpc) is 3.66. The van der Waals surface area contributed by atoms with Gasteiger partial charge in [0.15, 0.2) is 11.5 Å². The second-order valence-corrected chi connectivity index (χ2v) is 11.5. The van der Waals surface area contributed by atoms with E-state index in [1.54, 1.807) is 7.11 Å². The van der Waals surface area contributed by atoms with Crippen LogP contribution in [0.25, 0.3) is 0 Å². The number of hydrogen-bond donors (Lipinski definition) is 2. The van der Waals surface area contributed by atoms with Crippen LogP contribution in [0.3, 0.4) is 0 Å². The number of carbonyl (C=O) groups excluding carboxylic acids is 1. The number of carbonyl (C=O) groups is 2. The van der Waals surface area contributed by atoms with E-state index in [1.165, 1.54) is 0 Å². The molecule has 3 N–H and O–H groups in total. The second kappa shape index (κ2) is 14.6. The number of unbranched alkanes of at least 4 members (excludes halogenated alkanes) is 1. The van der Waals surface area contributed by atoms with Crippen LogP contribution in [0, 0.1) is 5.92 Å². The fourth-order valence-corrected chi connectivity index (χ4v) is 6.48. The molecule has 0 bridgehead atoms. The highest BCUT2D eigenvalue weighted by Gasteiger charge is 2.47. The topological polar surface area (TPSA) is 115 Å². The number of hydrogen-bond acceptors (Lipinski definition) is 7. The van der Waals surface area contributed by atoms with Crippen molar-refractivity contribution in [2.75, 3.05) is 44.9 Å². The molecule has 44 heavy (non-hydrogen) atoms. The Balaban J connectivity index is 1.42. The number of ether oxygens (including phenoxy) is 3. The first kappa shape index (κ1) is 31.3. The molecule has 2 heterocycles. The van der Waals surface area contributed by atoms with Crippen LogP contribution in [0.5, 0.6) is 17.2 Å². The normalized spacial score (nSPS) is 19.3. The molecule has 1 saturated heterocycles. The number of anilines is 1. The third-order valence-electron chi connectivity index (χ3n) is 8.75. The Morgan fingerprint density at radius 2 is 1.91 bits per heavy atom. The number of rotatable bonds is 14. The largest absolute Gasteiger partial charge is 0.493 e. The molecule has 0 saturated carbocycles. The maximum absolute atomic E-state index is 14.0. The second-order valence-electron chi connectivity index (χ2n) is 11.5. The molecule has 0 aromatic heterocycles. The van der Waals surface area contributed by atoms with Crippen molar-refractivity contribution < 1.29 is 28.9 Å².